The number of carbonyl (C=O) groups is 1. The quantitative estimate of drug-likeness (QED) is 0.459. The molecule has 0 radical (unpaired) electrons. The predicted octanol–water partition coefficient (Wildman–Crippen LogP) is 3.37. The lowest BCUT2D eigenvalue weighted by Gasteiger charge is -2.00. The minimum atomic E-state index is 0.129. The second-order valence-corrected chi connectivity index (χ2v) is 3.85. The molecule has 0 aliphatic heterocycles. The van der Waals surface area contributed by atoms with Gasteiger partial charge < -0.3 is 5.11 Å². The highest BCUT2D eigenvalue weighted by atomic mass is 35.5. The van der Waals surface area contributed by atoms with E-state index in [2.05, 4.69) is 0 Å². The van der Waals surface area contributed by atoms with Gasteiger partial charge in [0, 0.05) is 17.9 Å². The molecular weight excluding hydrogens is 212 g/mol. The molecule has 15 heavy (non-hydrogen) atoms. The van der Waals surface area contributed by atoms with Crippen molar-refractivity contribution in [2.24, 2.45) is 0 Å². The number of phenolic OH excluding ortho intramolecular Hbond substituents is 1. The van der Waals surface area contributed by atoms with Gasteiger partial charge in [-0.3, -0.25) is 4.79 Å². The molecule has 0 fully saturated rings. The van der Waals surface area contributed by atoms with Crippen LogP contribution in [0.15, 0.2) is 24.3 Å². The molecule has 0 bridgehead atoms. The Kier molecular flexibility index (Phi) is 5.19. The highest BCUT2D eigenvalue weighted by Crippen LogP contribution is 2.13. The highest BCUT2D eigenvalue weighted by molar-refractivity contribution is 6.17. The van der Waals surface area contributed by atoms with E-state index in [0.717, 1.165) is 19.3 Å². The predicted molar refractivity (Wildman–Crippen MR) is 61.6 cm³/mol. The van der Waals surface area contributed by atoms with Crippen molar-refractivity contribution in [3.63, 3.8) is 0 Å². The van der Waals surface area contributed by atoms with Gasteiger partial charge in [0.15, 0.2) is 5.78 Å². The van der Waals surface area contributed by atoms with Gasteiger partial charge in [0.25, 0.3) is 0 Å². The van der Waals surface area contributed by atoms with Gasteiger partial charge in [-0.1, -0.05) is 6.42 Å². The molecule has 0 heterocycles. The second kappa shape index (κ2) is 6.46. The van der Waals surface area contributed by atoms with Crippen LogP contribution >= 0.6 is 11.6 Å². The SMILES string of the molecule is O=C(CCCCCCl)c1ccc(O)cc1. The molecule has 0 aliphatic rings. The zero-order valence-corrected chi connectivity index (χ0v) is 9.33. The van der Waals surface area contributed by atoms with E-state index in [4.69, 9.17) is 16.7 Å². The summed E-state index contributed by atoms with van der Waals surface area (Å²) in [5.41, 5.74) is 0.665. The number of halogens is 1. The third-order valence-corrected chi connectivity index (χ3v) is 2.49. The van der Waals surface area contributed by atoms with Crippen LogP contribution in [0.25, 0.3) is 0 Å². The van der Waals surface area contributed by atoms with E-state index in [1.54, 1.807) is 12.1 Å². The molecule has 82 valence electrons. The Morgan fingerprint density at radius 3 is 2.40 bits per heavy atom. The van der Waals surface area contributed by atoms with Gasteiger partial charge in [-0.2, -0.15) is 0 Å². The topological polar surface area (TPSA) is 37.3 Å². The third-order valence-electron chi connectivity index (χ3n) is 2.23. The molecule has 1 aromatic carbocycles. The van der Waals surface area contributed by atoms with Gasteiger partial charge in [-0.05, 0) is 37.1 Å². The summed E-state index contributed by atoms with van der Waals surface area (Å²) in [4.78, 5) is 11.6. The minimum Gasteiger partial charge on any atom is -0.508 e. The largest absolute Gasteiger partial charge is 0.508 e. The smallest absolute Gasteiger partial charge is 0.162 e. The number of rotatable bonds is 6. The molecule has 0 amide bonds. The number of alkyl halides is 1. The van der Waals surface area contributed by atoms with Gasteiger partial charge >= 0.3 is 0 Å². The van der Waals surface area contributed by atoms with E-state index in [0.29, 0.717) is 17.9 Å². The van der Waals surface area contributed by atoms with Gasteiger partial charge in [0.1, 0.15) is 5.75 Å². The zero-order valence-electron chi connectivity index (χ0n) is 8.58. The summed E-state index contributed by atoms with van der Waals surface area (Å²) in [6, 6.07) is 6.37. The molecule has 0 aromatic heterocycles. The first-order valence-corrected chi connectivity index (χ1v) is 5.65. The van der Waals surface area contributed by atoms with Crippen LogP contribution in [0.4, 0.5) is 0 Å². The van der Waals surface area contributed by atoms with E-state index in [1.807, 2.05) is 0 Å². The van der Waals surface area contributed by atoms with Gasteiger partial charge in [-0.15, -0.1) is 11.6 Å². The molecule has 1 N–H and O–H groups in total. The van der Waals surface area contributed by atoms with E-state index in [9.17, 15) is 4.79 Å². The Morgan fingerprint density at radius 2 is 1.80 bits per heavy atom. The normalized spacial score (nSPS) is 10.2. The van der Waals surface area contributed by atoms with Crippen molar-refractivity contribution in [1.29, 1.82) is 0 Å². The summed E-state index contributed by atoms with van der Waals surface area (Å²) in [6.07, 6.45) is 3.39. The Labute approximate surface area is 94.9 Å². The fourth-order valence-corrected chi connectivity index (χ4v) is 1.54. The van der Waals surface area contributed by atoms with Crippen molar-refractivity contribution in [3.05, 3.63) is 29.8 Å². The summed E-state index contributed by atoms with van der Waals surface area (Å²) >= 11 is 5.54. The molecule has 1 rings (SSSR count). The number of carbonyl (C=O) groups excluding carboxylic acids is 1. The lowest BCUT2D eigenvalue weighted by Crippen LogP contribution is -1.98. The van der Waals surface area contributed by atoms with Crippen LogP contribution in [-0.2, 0) is 0 Å². The molecule has 0 aliphatic carbocycles. The number of unbranched alkanes of at least 4 members (excludes halogenated alkanes) is 2. The number of phenols is 1. The molecule has 0 unspecified atom stereocenters. The molecule has 0 atom stereocenters. The van der Waals surface area contributed by atoms with Crippen molar-refractivity contribution in [2.75, 3.05) is 5.88 Å². The zero-order chi connectivity index (χ0) is 11.1. The average Bonchev–Trinajstić information content (AvgIpc) is 2.25. The van der Waals surface area contributed by atoms with Crippen molar-refractivity contribution >= 4 is 17.4 Å². The van der Waals surface area contributed by atoms with Crippen LogP contribution in [0.5, 0.6) is 5.75 Å². The highest BCUT2D eigenvalue weighted by Gasteiger charge is 2.04. The van der Waals surface area contributed by atoms with E-state index in [-0.39, 0.29) is 11.5 Å². The first-order valence-electron chi connectivity index (χ1n) is 5.12. The Hall–Kier alpha value is -1.02. The van der Waals surface area contributed by atoms with Gasteiger partial charge in [0.05, 0.1) is 0 Å². The van der Waals surface area contributed by atoms with Crippen molar-refractivity contribution in [3.8, 4) is 5.75 Å². The van der Waals surface area contributed by atoms with Crippen LogP contribution < -0.4 is 0 Å². The number of ketones is 1. The van der Waals surface area contributed by atoms with Crippen LogP contribution in [-0.4, -0.2) is 16.8 Å². The maximum absolute atomic E-state index is 11.6. The summed E-state index contributed by atoms with van der Waals surface area (Å²) in [7, 11) is 0. The van der Waals surface area contributed by atoms with Crippen molar-refractivity contribution in [2.45, 2.75) is 25.7 Å². The van der Waals surface area contributed by atoms with E-state index in [1.165, 1.54) is 12.1 Å². The Morgan fingerprint density at radius 1 is 1.13 bits per heavy atom. The Bertz CT molecular complexity index is 306. The first kappa shape index (κ1) is 12.1. The summed E-state index contributed by atoms with van der Waals surface area (Å²) in [6.45, 7) is 0. The summed E-state index contributed by atoms with van der Waals surface area (Å²) in [5.74, 6) is 0.978. The van der Waals surface area contributed by atoms with Crippen molar-refractivity contribution < 1.29 is 9.90 Å². The minimum absolute atomic E-state index is 0.129. The molecule has 0 saturated carbocycles. The first-order chi connectivity index (χ1) is 7.24. The lowest BCUT2D eigenvalue weighted by atomic mass is 10.0. The molecule has 2 nitrogen and oxygen atoms in total. The monoisotopic (exact) mass is 226 g/mol. The van der Waals surface area contributed by atoms with Crippen LogP contribution in [0, 0.1) is 0 Å². The van der Waals surface area contributed by atoms with E-state index >= 15 is 0 Å². The fourth-order valence-electron chi connectivity index (χ4n) is 1.35. The summed E-state index contributed by atoms with van der Waals surface area (Å²) in [5, 5.41) is 9.06. The summed E-state index contributed by atoms with van der Waals surface area (Å²) < 4.78 is 0. The standard InChI is InChI=1S/C12H15ClO2/c13-9-3-1-2-4-12(15)10-5-7-11(14)8-6-10/h5-8,14H,1-4,9H2. The van der Waals surface area contributed by atoms with Crippen LogP contribution in [0.1, 0.15) is 36.0 Å². The third kappa shape index (κ3) is 4.34. The van der Waals surface area contributed by atoms with Crippen LogP contribution in [0.3, 0.4) is 0 Å². The number of benzene rings is 1. The van der Waals surface area contributed by atoms with Gasteiger partial charge in [0.2, 0.25) is 0 Å². The lowest BCUT2D eigenvalue weighted by molar-refractivity contribution is 0.0979. The number of hydrogen-bond acceptors (Lipinski definition) is 2. The maximum Gasteiger partial charge on any atom is 0.162 e. The number of hydrogen-bond donors (Lipinski definition) is 1. The molecular formula is C12H15ClO2. The van der Waals surface area contributed by atoms with Crippen molar-refractivity contribution in [1.82, 2.24) is 0 Å². The molecule has 3 heteroatoms. The average molecular weight is 227 g/mol. The Balaban J connectivity index is 2.37. The molecule has 0 spiro atoms. The molecule has 1 aromatic rings. The number of aromatic hydroxyl groups is 1. The maximum atomic E-state index is 11.6. The second-order valence-electron chi connectivity index (χ2n) is 3.47. The van der Waals surface area contributed by atoms with Crippen LogP contribution in [0.2, 0.25) is 0 Å². The van der Waals surface area contributed by atoms with E-state index < -0.39 is 0 Å². The van der Waals surface area contributed by atoms with Gasteiger partial charge in [-0.25, -0.2) is 0 Å². The number of Topliss-reactive ketones (excluding diaryl/α,β-unsaturated/α-hetero) is 1. The molecule has 0 saturated heterocycles. The fraction of sp³-hybridized carbons (Fsp3) is 0.417.